The standard InChI is InChI=1S/C26H21BrF6S/c27-19-7-6-18(34-19)22-23(25(30,31)26(32,33)24(22,28)29)21(15-4-2-1-3-5-15)20-16-9-13-8-14(11-16)12-17(20)10-13/h1-7,13-14,16-17H,8-12H2. The van der Waals surface area contributed by atoms with Gasteiger partial charge in [0.15, 0.2) is 0 Å². The first-order valence-corrected chi connectivity index (χ1v) is 13.1. The van der Waals surface area contributed by atoms with Crippen molar-refractivity contribution < 1.29 is 26.3 Å². The first-order valence-electron chi connectivity index (χ1n) is 11.5. The first kappa shape index (κ1) is 22.9. The zero-order valence-corrected chi connectivity index (χ0v) is 20.3. The molecule has 5 aliphatic carbocycles. The van der Waals surface area contributed by atoms with Crippen LogP contribution in [0.1, 0.15) is 42.5 Å². The molecule has 8 heteroatoms. The smallest absolute Gasteiger partial charge is 0.194 e. The van der Waals surface area contributed by atoms with Crippen LogP contribution < -0.4 is 0 Å². The summed E-state index contributed by atoms with van der Waals surface area (Å²) in [6, 6.07) is 10.8. The predicted molar refractivity (Wildman–Crippen MR) is 124 cm³/mol. The lowest BCUT2D eigenvalue weighted by atomic mass is 9.53. The minimum atomic E-state index is -5.53. The molecule has 4 bridgehead atoms. The van der Waals surface area contributed by atoms with Crippen molar-refractivity contribution in [2.75, 3.05) is 0 Å². The second-order valence-corrected chi connectivity index (χ2v) is 12.5. The number of allylic oxidation sites excluding steroid dienone is 4. The topological polar surface area (TPSA) is 0 Å². The van der Waals surface area contributed by atoms with Gasteiger partial charge >= 0.3 is 17.8 Å². The number of rotatable bonds is 3. The van der Waals surface area contributed by atoms with Gasteiger partial charge in [-0.05, 0) is 95.0 Å². The van der Waals surface area contributed by atoms with Crippen LogP contribution in [0.4, 0.5) is 26.3 Å². The molecule has 0 N–H and O–H groups in total. The lowest BCUT2D eigenvalue weighted by Gasteiger charge is -2.52. The molecule has 0 unspecified atom stereocenters. The molecular weight excluding hydrogens is 538 g/mol. The van der Waals surface area contributed by atoms with Crippen molar-refractivity contribution in [2.45, 2.75) is 49.9 Å². The SMILES string of the molecule is FC1(F)C(C(=C2C3CC4CC(C3)CC2C4)c2ccccc2)=C(c2ccc(Br)s2)C(F)(F)C1(F)F. The Morgan fingerprint density at radius 2 is 1.35 bits per heavy atom. The van der Waals surface area contributed by atoms with Crippen molar-refractivity contribution in [3.8, 4) is 0 Å². The molecule has 7 rings (SSSR count). The summed E-state index contributed by atoms with van der Waals surface area (Å²) < 4.78 is 92.2. The van der Waals surface area contributed by atoms with Crippen LogP contribution in [0.25, 0.3) is 11.1 Å². The molecule has 4 saturated carbocycles. The molecule has 4 fully saturated rings. The largest absolute Gasteiger partial charge is 0.380 e. The van der Waals surface area contributed by atoms with Gasteiger partial charge in [0.2, 0.25) is 0 Å². The number of halogens is 7. The second-order valence-electron chi connectivity index (χ2n) is 10.1. The lowest BCUT2D eigenvalue weighted by molar-refractivity contribution is -0.258. The average Bonchev–Trinajstić information content (AvgIpc) is 3.23. The van der Waals surface area contributed by atoms with Gasteiger partial charge in [-0.3, -0.25) is 0 Å². The summed E-state index contributed by atoms with van der Waals surface area (Å²) in [6.45, 7) is 0. The van der Waals surface area contributed by atoms with Crippen molar-refractivity contribution in [2.24, 2.45) is 23.7 Å². The van der Waals surface area contributed by atoms with Gasteiger partial charge in [-0.15, -0.1) is 11.3 Å². The van der Waals surface area contributed by atoms with Crippen LogP contribution in [-0.4, -0.2) is 17.8 Å². The molecule has 0 saturated heterocycles. The van der Waals surface area contributed by atoms with E-state index in [1.54, 1.807) is 30.3 Å². The van der Waals surface area contributed by atoms with Crippen LogP contribution in [0.3, 0.4) is 0 Å². The molecule has 2 aromatic rings. The number of hydrogen-bond acceptors (Lipinski definition) is 1. The van der Waals surface area contributed by atoms with Gasteiger partial charge in [-0.25, -0.2) is 0 Å². The molecule has 1 heterocycles. The van der Waals surface area contributed by atoms with Gasteiger partial charge in [0.05, 0.1) is 9.36 Å². The molecule has 0 amide bonds. The second kappa shape index (κ2) is 7.48. The maximum absolute atomic E-state index is 15.6. The Morgan fingerprint density at radius 1 is 0.765 bits per heavy atom. The Kier molecular flexibility index (Phi) is 5.04. The zero-order valence-electron chi connectivity index (χ0n) is 17.9. The third kappa shape index (κ3) is 3.03. The number of benzene rings is 1. The van der Waals surface area contributed by atoms with Crippen molar-refractivity contribution in [1.29, 1.82) is 0 Å². The summed E-state index contributed by atoms with van der Waals surface area (Å²) in [6.07, 6.45) is 4.35. The Hall–Kier alpha value is -1.54. The maximum Gasteiger partial charge on any atom is 0.380 e. The van der Waals surface area contributed by atoms with Crippen LogP contribution in [0, 0.1) is 23.7 Å². The molecule has 0 spiro atoms. The van der Waals surface area contributed by atoms with Crippen LogP contribution >= 0.6 is 27.3 Å². The van der Waals surface area contributed by atoms with E-state index >= 15 is 17.6 Å². The first-order chi connectivity index (χ1) is 16.0. The molecule has 0 radical (unpaired) electrons. The normalized spacial score (nSPS) is 32.5. The molecule has 0 atom stereocenters. The van der Waals surface area contributed by atoms with Crippen molar-refractivity contribution in [3.63, 3.8) is 0 Å². The minimum absolute atomic E-state index is 0.0334. The molecule has 0 aliphatic heterocycles. The monoisotopic (exact) mass is 558 g/mol. The van der Waals surface area contributed by atoms with Gasteiger partial charge < -0.3 is 0 Å². The maximum atomic E-state index is 15.6. The van der Waals surface area contributed by atoms with Gasteiger partial charge in [0.25, 0.3) is 0 Å². The van der Waals surface area contributed by atoms with Crippen molar-refractivity contribution >= 4 is 38.4 Å². The van der Waals surface area contributed by atoms with Crippen LogP contribution in [0.5, 0.6) is 0 Å². The Bertz CT molecular complexity index is 1180. The van der Waals surface area contributed by atoms with Crippen molar-refractivity contribution in [3.05, 3.63) is 67.8 Å². The molecule has 1 aromatic heterocycles. The Morgan fingerprint density at radius 3 is 1.88 bits per heavy atom. The summed E-state index contributed by atoms with van der Waals surface area (Å²) in [5, 5.41) is 0. The molecule has 5 aliphatic rings. The van der Waals surface area contributed by atoms with Crippen LogP contribution in [-0.2, 0) is 0 Å². The predicted octanol–water partition coefficient (Wildman–Crippen LogP) is 9.09. The summed E-state index contributed by atoms with van der Waals surface area (Å²) in [7, 11) is 0. The van der Waals surface area contributed by atoms with E-state index in [1.807, 2.05) is 0 Å². The van der Waals surface area contributed by atoms with Crippen LogP contribution in [0.2, 0.25) is 0 Å². The van der Waals surface area contributed by atoms with Gasteiger partial charge in [-0.1, -0.05) is 35.9 Å². The van der Waals surface area contributed by atoms with Crippen LogP contribution in [0.15, 0.2) is 57.4 Å². The van der Waals surface area contributed by atoms with Gasteiger partial charge in [-0.2, -0.15) is 26.3 Å². The van der Waals surface area contributed by atoms with E-state index in [9.17, 15) is 8.78 Å². The molecule has 0 nitrogen and oxygen atoms in total. The fourth-order valence-electron chi connectivity index (χ4n) is 6.99. The van der Waals surface area contributed by atoms with E-state index in [2.05, 4.69) is 15.9 Å². The fraction of sp³-hybridized carbons (Fsp3) is 0.462. The summed E-state index contributed by atoms with van der Waals surface area (Å²) >= 11 is 3.94. The third-order valence-electron chi connectivity index (χ3n) is 8.11. The highest BCUT2D eigenvalue weighted by molar-refractivity contribution is 9.11. The van der Waals surface area contributed by atoms with Crippen molar-refractivity contribution in [1.82, 2.24) is 0 Å². The van der Waals surface area contributed by atoms with E-state index in [4.69, 9.17) is 0 Å². The molecule has 34 heavy (non-hydrogen) atoms. The zero-order chi connectivity index (χ0) is 24.0. The lowest BCUT2D eigenvalue weighted by Crippen LogP contribution is -2.49. The van der Waals surface area contributed by atoms with E-state index < -0.39 is 28.9 Å². The summed E-state index contributed by atoms with van der Waals surface area (Å²) in [4.78, 5) is -0.262. The molecule has 1 aromatic carbocycles. The molecule has 180 valence electrons. The van der Waals surface area contributed by atoms with E-state index in [0.717, 1.165) is 43.4 Å². The number of thiophene rings is 1. The van der Waals surface area contributed by atoms with Gasteiger partial charge in [0, 0.05) is 10.5 Å². The van der Waals surface area contributed by atoms with E-state index in [1.165, 1.54) is 12.1 Å². The number of hydrogen-bond donors (Lipinski definition) is 0. The van der Waals surface area contributed by atoms with Gasteiger partial charge in [0.1, 0.15) is 0 Å². The summed E-state index contributed by atoms with van der Waals surface area (Å²) in [5.41, 5.74) is -1.50. The Labute approximate surface area is 205 Å². The highest BCUT2D eigenvalue weighted by Crippen LogP contribution is 2.67. The number of alkyl halides is 6. The average molecular weight is 559 g/mol. The Balaban J connectivity index is 1.71. The summed E-state index contributed by atoms with van der Waals surface area (Å²) in [5.74, 6) is -14.6. The fourth-order valence-corrected chi connectivity index (χ4v) is 8.46. The molecular formula is C26H21BrF6S. The highest BCUT2D eigenvalue weighted by Gasteiger charge is 2.80. The third-order valence-corrected chi connectivity index (χ3v) is 9.75. The van der Waals surface area contributed by atoms with E-state index in [-0.39, 0.29) is 22.3 Å². The highest BCUT2D eigenvalue weighted by atomic mass is 79.9. The minimum Gasteiger partial charge on any atom is -0.194 e. The quantitative estimate of drug-likeness (QED) is 0.329. The van der Waals surface area contributed by atoms with E-state index in [0.29, 0.717) is 26.8 Å².